The highest BCUT2D eigenvalue weighted by atomic mass is 79.9. The first-order chi connectivity index (χ1) is 8.66. The molecule has 0 fully saturated rings. The zero-order chi connectivity index (χ0) is 13.0. The minimum Gasteiger partial charge on any atom is -0.489 e. The summed E-state index contributed by atoms with van der Waals surface area (Å²) in [6, 6.07) is 15.5. The van der Waals surface area contributed by atoms with E-state index in [0.29, 0.717) is 6.61 Å². The number of rotatable bonds is 4. The molecule has 1 N–H and O–H groups in total. The smallest absolute Gasteiger partial charge is 0.125 e. The van der Waals surface area contributed by atoms with Gasteiger partial charge in [0.15, 0.2) is 0 Å². The third kappa shape index (κ3) is 3.34. The number of aliphatic hydroxyl groups is 1. The Morgan fingerprint density at radius 2 is 1.94 bits per heavy atom. The molecule has 2 aromatic rings. The summed E-state index contributed by atoms with van der Waals surface area (Å²) in [5.41, 5.74) is 1.90. The van der Waals surface area contributed by atoms with Gasteiger partial charge in [-0.1, -0.05) is 46.3 Å². The van der Waals surface area contributed by atoms with Gasteiger partial charge in [-0.2, -0.15) is 0 Å². The first kappa shape index (κ1) is 13.1. The lowest BCUT2D eigenvalue weighted by molar-refractivity contribution is 0.190. The number of hydrogen-bond donors (Lipinski definition) is 1. The maximum atomic E-state index is 9.66. The fourth-order valence-corrected chi connectivity index (χ4v) is 2.19. The normalized spacial score (nSPS) is 12.2. The van der Waals surface area contributed by atoms with Crippen LogP contribution < -0.4 is 4.74 Å². The van der Waals surface area contributed by atoms with E-state index in [1.807, 2.05) is 48.5 Å². The van der Waals surface area contributed by atoms with Crippen LogP contribution in [0.3, 0.4) is 0 Å². The van der Waals surface area contributed by atoms with Gasteiger partial charge in [-0.3, -0.25) is 0 Å². The van der Waals surface area contributed by atoms with Crippen LogP contribution in [0.2, 0.25) is 0 Å². The van der Waals surface area contributed by atoms with Crippen molar-refractivity contribution >= 4 is 15.9 Å². The lowest BCUT2D eigenvalue weighted by Gasteiger charge is -2.13. The molecule has 2 rings (SSSR count). The summed E-state index contributed by atoms with van der Waals surface area (Å²) in [6.07, 6.45) is -0.524. The van der Waals surface area contributed by atoms with E-state index in [0.717, 1.165) is 21.3 Å². The molecule has 0 aliphatic rings. The second-order valence-corrected chi connectivity index (χ2v) is 5.05. The molecule has 0 saturated heterocycles. The van der Waals surface area contributed by atoms with Crippen molar-refractivity contribution in [2.24, 2.45) is 0 Å². The molecule has 0 saturated carbocycles. The maximum absolute atomic E-state index is 9.66. The Bertz CT molecular complexity index is 523. The quantitative estimate of drug-likeness (QED) is 0.922. The number of para-hydroxylation sites is 1. The summed E-state index contributed by atoms with van der Waals surface area (Å²) in [5, 5.41) is 9.66. The molecule has 2 aromatic carbocycles. The Morgan fingerprint density at radius 3 is 2.67 bits per heavy atom. The molecule has 0 unspecified atom stereocenters. The largest absolute Gasteiger partial charge is 0.489 e. The number of ether oxygens (including phenoxy) is 1. The third-order valence-corrected chi connectivity index (χ3v) is 3.15. The highest BCUT2D eigenvalue weighted by Crippen LogP contribution is 2.25. The zero-order valence-electron chi connectivity index (χ0n) is 10.1. The van der Waals surface area contributed by atoms with Crippen LogP contribution in [-0.4, -0.2) is 5.11 Å². The molecule has 0 amide bonds. The Labute approximate surface area is 115 Å². The Kier molecular flexibility index (Phi) is 4.39. The molecule has 3 heteroatoms. The van der Waals surface area contributed by atoms with Gasteiger partial charge in [-0.25, -0.2) is 0 Å². The van der Waals surface area contributed by atoms with Gasteiger partial charge < -0.3 is 9.84 Å². The van der Waals surface area contributed by atoms with E-state index >= 15 is 0 Å². The Morgan fingerprint density at radius 1 is 1.17 bits per heavy atom. The van der Waals surface area contributed by atoms with Crippen LogP contribution in [0, 0.1) is 0 Å². The van der Waals surface area contributed by atoms with Crippen LogP contribution in [0.5, 0.6) is 5.75 Å². The van der Waals surface area contributed by atoms with Gasteiger partial charge in [-0.15, -0.1) is 0 Å². The van der Waals surface area contributed by atoms with Crippen molar-refractivity contribution in [3.63, 3.8) is 0 Å². The van der Waals surface area contributed by atoms with Gasteiger partial charge in [0.05, 0.1) is 6.10 Å². The number of halogens is 1. The topological polar surface area (TPSA) is 29.5 Å². The van der Waals surface area contributed by atoms with E-state index in [1.54, 1.807) is 6.92 Å². The van der Waals surface area contributed by atoms with E-state index in [-0.39, 0.29) is 0 Å². The second kappa shape index (κ2) is 6.03. The fraction of sp³-hybridized carbons (Fsp3) is 0.200. The monoisotopic (exact) mass is 306 g/mol. The minimum atomic E-state index is -0.524. The van der Waals surface area contributed by atoms with Crippen LogP contribution in [0.25, 0.3) is 0 Å². The summed E-state index contributed by atoms with van der Waals surface area (Å²) in [7, 11) is 0. The van der Waals surface area contributed by atoms with Crippen molar-refractivity contribution in [2.75, 3.05) is 0 Å². The van der Waals surface area contributed by atoms with Crippen LogP contribution in [0.1, 0.15) is 24.2 Å². The third-order valence-electron chi connectivity index (χ3n) is 2.65. The molecule has 0 aliphatic heterocycles. The molecule has 0 bridgehead atoms. The molecule has 94 valence electrons. The summed E-state index contributed by atoms with van der Waals surface area (Å²) >= 11 is 3.43. The van der Waals surface area contributed by atoms with Gasteiger partial charge in [0.25, 0.3) is 0 Å². The SMILES string of the molecule is C[C@@H](O)c1ccccc1OCc1cccc(Br)c1. The standard InChI is InChI=1S/C15H15BrO2/c1-11(17)14-7-2-3-8-15(14)18-10-12-5-4-6-13(16)9-12/h2-9,11,17H,10H2,1H3/t11-/m1/s1. The van der Waals surface area contributed by atoms with Gasteiger partial charge in [0, 0.05) is 10.0 Å². The highest BCUT2D eigenvalue weighted by Gasteiger charge is 2.08. The molecule has 0 aromatic heterocycles. The fourth-order valence-electron chi connectivity index (χ4n) is 1.74. The van der Waals surface area contributed by atoms with E-state index < -0.39 is 6.10 Å². The average molecular weight is 307 g/mol. The number of benzene rings is 2. The maximum Gasteiger partial charge on any atom is 0.125 e. The first-order valence-corrected chi connectivity index (χ1v) is 6.60. The van der Waals surface area contributed by atoms with Crippen LogP contribution in [0.4, 0.5) is 0 Å². The highest BCUT2D eigenvalue weighted by molar-refractivity contribution is 9.10. The van der Waals surface area contributed by atoms with Crippen molar-refractivity contribution < 1.29 is 9.84 Å². The molecule has 0 heterocycles. The predicted molar refractivity (Wildman–Crippen MR) is 75.5 cm³/mol. The molecule has 0 radical (unpaired) electrons. The lowest BCUT2D eigenvalue weighted by atomic mass is 10.1. The van der Waals surface area contributed by atoms with Gasteiger partial charge in [-0.05, 0) is 30.7 Å². The van der Waals surface area contributed by atoms with Crippen molar-refractivity contribution in [1.82, 2.24) is 0 Å². The molecule has 1 atom stereocenters. The summed E-state index contributed by atoms with van der Waals surface area (Å²) in [4.78, 5) is 0. The molecule has 0 aliphatic carbocycles. The second-order valence-electron chi connectivity index (χ2n) is 4.13. The van der Waals surface area contributed by atoms with Gasteiger partial charge >= 0.3 is 0 Å². The van der Waals surface area contributed by atoms with E-state index in [4.69, 9.17) is 4.74 Å². The Balaban J connectivity index is 2.11. The van der Waals surface area contributed by atoms with Crippen molar-refractivity contribution in [1.29, 1.82) is 0 Å². The molecule has 2 nitrogen and oxygen atoms in total. The molecular formula is C15H15BrO2. The lowest BCUT2D eigenvalue weighted by Crippen LogP contribution is -2.00. The first-order valence-electron chi connectivity index (χ1n) is 5.81. The summed E-state index contributed by atoms with van der Waals surface area (Å²) in [5.74, 6) is 0.729. The summed E-state index contributed by atoms with van der Waals surface area (Å²) < 4.78 is 6.79. The van der Waals surface area contributed by atoms with E-state index in [9.17, 15) is 5.11 Å². The molecular weight excluding hydrogens is 292 g/mol. The number of aliphatic hydroxyl groups excluding tert-OH is 1. The van der Waals surface area contributed by atoms with Crippen molar-refractivity contribution in [3.05, 3.63) is 64.1 Å². The van der Waals surface area contributed by atoms with E-state index in [1.165, 1.54) is 0 Å². The van der Waals surface area contributed by atoms with Crippen molar-refractivity contribution in [3.8, 4) is 5.75 Å². The van der Waals surface area contributed by atoms with Gasteiger partial charge in [0.2, 0.25) is 0 Å². The minimum absolute atomic E-state index is 0.489. The van der Waals surface area contributed by atoms with Gasteiger partial charge in [0.1, 0.15) is 12.4 Å². The number of hydrogen-bond acceptors (Lipinski definition) is 2. The van der Waals surface area contributed by atoms with Crippen molar-refractivity contribution in [2.45, 2.75) is 19.6 Å². The average Bonchev–Trinajstić information content (AvgIpc) is 2.37. The Hall–Kier alpha value is -1.32. The molecule has 18 heavy (non-hydrogen) atoms. The van der Waals surface area contributed by atoms with E-state index in [2.05, 4.69) is 15.9 Å². The summed E-state index contributed by atoms with van der Waals surface area (Å²) in [6.45, 7) is 2.23. The van der Waals surface area contributed by atoms with Crippen LogP contribution >= 0.6 is 15.9 Å². The van der Waals surface area contributed by atoms with Crippen LogP contribution in [0.15, 0.2) is 53.0 Å². The predicted octanol–water partition coefficient (Wildman–Crippen LogP) is 4.08. The molecule has 0 spiro atoms. The zero-order valence-corrected chi connectivity index (χ0v) is 11.7. The van der Waals surface area contributed by atoms with Crippen LogP contribution in [-0.2, 0) is 6.61 Å².